The molecule has 0 atom stereocenters. The number of hydrogen-bond donors (Lipinski definition) is 0. The van der Waals surface area contributed by atoms with Crippen molar-refractivity contribution in [1.29, 1.82) is 0 Å². The molecule has 5 nitrogen and oxygen atoms in total. The van der Waals surface area contributed by atoms with Gasteiger partial charge in [0.25, 0.3) is 0 Å². The van der Waals surface area contributed by atoms with Crippen LogP contribution in [0.2, 0.25) is 0 Å². The Kier molecular flexibility index (Phi) is 2.64. The smallest absolute Gasteiger partial charge is 0.359 e. The molecule has 2 aromatic rings. The Hall–Kier alpha value is -2.47. The number of hydrazine groups is 1. The van der Waals surface area contributed by atoms with Crippen molar-refractivity contribution in [2.24, 2.45) is 0 Å². The van der Waals surface area contributed by atoms with Gasteiger partial charge in [0.05, 0.1) is 15.3 Å². The fourth-order valence-electron chi connectivity index (χ4n) is 1.92. The van der Waals surface area contributed by atoms with Crippen molar-refractivity contribution >= 4 is 28.5 Å². The highest BCUT2D eigenvalue weighted by atomic mass is 32.1. The molecule has 3 rings (SSSR count). The summed E-state index contributed by atoms with van der Waals surface area (Å²) in [5, 5.41) is 25.5. The SMILES string of the molecule is O=C1C(c2ccccc2)=[N+]([O-])[N+]([O-])=C1c1cccs1. The Balaban J connectivity index is 2.11. The van der Waals surface area contributed by atoms with Crippen LogP contribution < -0.4 is 0 Å². The number of thiophene rings is 1. The van der Waals surface area contributed by atoms with Crippen LogP contribution in [0, 0.1) is 10.4 Å². The van der Waals surface area contributed by atoms with E-state index in [2.05, 4.69) is 0 Å². The molecule has 0 unspecified atom stereocenters. The molecule has 1 aliphatic heterocycles. The third-order valence-electron chi connectivity index (χ3n) is 2.78. The number of benzene rings is 1. The number of hydrogen-bond acceptors (Lipinski definition) is 4. The number of nitrogens with zero attached hydrogens (tertiary/aromatic N) is 2. The Labute approximate surface area is 112 Å². The minimum atomic E-state index is -0.543. The molecule has 0 amide bonds. The normalized spacial score (nSPS) is 15.5. The van der Waals surface area contributed by atoms with Gasteiger partial charge in [-0.2, -0.15) is 0 Å². The summed E-state index contributed by atoms with van der Waals surface area (Å²) in [6.45, 7) is 0. The summed E-state index contributed by atoms with van der Waals surface area (Å²) in [5.74, 6) is -0.543. The van der Waals surface area contributed by atoms with E-state index in [-0.39, 0.29) is 21.1 Å². The van der Waals surface area contributed by atoms with Crippen molar-refractivity contribution < 1.29 is 14.5 Å². The number of ketones is 1. The quantitative estimate of drug-likeness (QED) is 0.615. The Morgan fingerprint density at radius 2 is 1.58 bits per heavy atom. The van der Waals surface area contributed by atoms with E-state index in [4.69, 9.17) is 0 Å². The zero-order valence-electron chi connectivity index (χ0n) is 9.65. The van der Waals surface area contributed by atoms with Gasteiger partial charge in [0.1, 0.15) is 4.88 Å². The van der Waals surface area contributed by atoms with Crippen molar-refractivity contribution in [1.82, 2.24) is 0 Å². The fraction of sp³-hybridized carbons (Fsp3) is 0. The van der Waals surface area contributed by atoms with Crippen LogP contribution in [0.15, 0.2) is 47.8 Å². The first-order valence-corrected chi connectivity index (χ1v) is 6.40. The lowest BCUT2D eigenvalue weighted by Crippen LogP contribution is -2.23. The summed E-state index contributed by atoms with van der Waals surface area (Å²) in [5.41, 5.74) is 0.178. The van der Waals surface area contributed by atoms with Crippen LogP contribution in [0.1, 0.15) is 10.4 Å². The van der Waals surface area contributed by atoms with Crippen LogP contribution in [0.25, 0.3) is 0 Å². The molecule has 0 aliphatic carbocycles. The number of carbonyl (C=O) groups excluding carboxylic acids is 1. The molecule has 19 heavy (non-hydrogen) atoms. The Morgan fingerprint density at radius 3 is 2.21 bits per heavy atom. The topological polar surface area (TPSA) is 69.2 Å². The fourth-order valence-corrected chi connectivity index (χ4v) is 2.67. The zero-order chi connectivity index (χ0) is 13.4. The first-order valence-electron chi connectivity index (χ1n) is 5.52. The summed E-state index contributed by atoms with van der Waals surface area (Å²) in [4.78, 5) is 13.0. The van der Waals surface area contributed by atoms with E-state index in [1.165, 1.54) is 11.3 Å². The first-order chi connectivity index (χ1) is 9.20. The summed E-state index contributed by atoms with van der Waals surface area (Å²) in [6, 6.07) is 11.8. The zero-order valence-corrected chi connectivity index (χ0v) is 10.5. The summed E-state index contributed by atoms with van der Waals surface area (Å²) >= 11 is 1.25. The van der Waals surface area contributed by atoms with Gasteiger partial charge in [-0.1, -0.05) is 24.3 Å². The molecule has 0 fully saturated rings. The van der Waals surface area contributed by atoms with E-state index in [1.54, 1.807) is 47.8 Å². The number of carbonyl (C=O) groups is 1. The van der Waals surface area contributed by atoms with Gasteiger partial charge in [-0.15, -0.1) is 11.3 Å². The van der Waals surface area contributed by atoms with E-state index >= 15 is 0 Å². The second-order valence-corrected chi connectivity index (χ2v) is 4.86. The summed E-state index contributed by atoms with van der Waals surface area (Å²) in [7, 11) is 0. The molecule has 0 N–H and O–H groups in total. The first kappa shape index (κ1) is 11.6. The third kappa shape index (κ3) is 1.73. The van der Waals surface area contributed by atoms with Crippen LogP contribution in [0.5, 0.6) is 0 Å². The van der Waals surface area contributed by atoms with Crippen LogP contribution >= 0.6 is 11.3 Å². The Morgan fingerprint density at radius 1 is 0.895 bits per heavy atom. The van der Waals surface area contributed by atoms with Gasteiger partial charge in [-0.3, -0.25) is 4.79 Å². The molecule has 0 radical (unpaired) electrons. The van der Waals surface area contributed by atoms with Gasteiger partial charge in [0.2, 0.25) is 0 Å². The van der Waals surface area contributed by atoms with Crippen molar-refractivity contribution in [2.45, 2.75) is 0 Å². The monoisotopic (exact) mass is 272 g/mol. The third-order valence-corrected chi connectivity index (χ3v) is 3.66. The van der Waals surface area contributed by atoms with Crippen LogP contribution in [-0.4, -0.2) is 26.9 Å². The van der Waals surface area contributed by atoms with E-state index in [9.17, 15) is 15.2 Å². The largest absolute Gasteiger partial charge is 0.561 e. The molecule has 1 aromatic carbocycles. The maximum Gasteiger partial charge on any atom is 0.359 e. The van der Waals surface area contributed by atoms with Gasteiger partial charge >= 0.3 is 17.2 Å². The standard InChI is InChI=1S/C13H8N2O3S/c16-13-11(9-5-2-1-3-6-9)14(17)15(18)12(13)10-7-4-8-19-10/h1-8H. The van der Waals surface area contributed by atoms with Gasteiger partial charge < -0.3 is 10.4 Å². The van der Waals surface area contributed by atoms with Crippen LogP contribution in [0.4, 0.5) is 0 Å². The van der Waals surface area contributed by atoms with E-state index in [0.29, 0.717) is 10.4 Å². The second kappa shape index (κ2) is 4.33. The predicted molar refractivity (Wildman–Crippen MR) is 71.2 cm³/mol. The van der Waals surface area contributed by atoms with Crippen molar-refractivity contribution in [3.05, 3.63) is 68.7 Å². The summed E-state index contributed by atoms with van der Waals surface area (Å²) < 4.78 is 0. The lowest BCUT2D eigenvalue weighted by atomic mass is 10.0. The average Bonchev–Trinajstić information content (AvgIpc) is 3.00. The predicted octanol–water partition coefficient (Wildman–Crippen LogP) is 1.54. The molecule has 2 heterocycles. The lowest BCUT2D eigenvalue weighted by molar-refractivity contribution is -1.05. The molecule has 0 bridgehead atoms. The molecule has 94 valence electrons. The maximum atomic E-state index is 12.3. The number of hydrazone groups is 2. The minimum absolute atomic E-state index is 0.104. The second-order valence-electron chi connectivity index (χ2n) is 3.92. The van der Waals surface area contributed by atoms with Gasteiger partial charge in [-0.05, 0) is 23.6 Å². The van der Waals surface area contributed by atoms with Crippen molar-refractivity contribution in [3.8, 4) is 0 Å². The van der Waals surface area contributed by atoms with Gasteiger partial charge in [0.15, 0.2) is 0 Å². The lowest BCUT2D eigenvalue weighted by Gasteiger charge is -1.97. The highest BCUT2D eigenvalue weighted by molar-refractivity contribution is 7.13. The molecule has 0 saturated heterocycles. The molecular formula is C13H8N2O3S. The number of rotatable bonds is 2. The molecule has 1 aromatic heterocycles. The number of Topliss-reactive ketones (excluding diaryl/α,β-unsaturated/α-hetero) is 1. The van der Waals surface area contributed by atoms with E-state index in [1.807, 2.05) is 0 Å². The molecule has 6 heteroatoms. The van der Waals surface area contributed by atoms with Crippen molar-refractivity contribution in [2.75, 3.05) is 0 Å². The van der Waals surface area contributed by atoms with Crippen LogP contribution in [0.3, 0.4) is 0 Å². The van der Waals surface area contributed by atoms with Gasteiger partial charge in [-0.25, -0.2) is 0 Å². The molecular weight excluding hydrogens is 264 g/mol. The highest BCUT2D eigenvalue weighted by Crippen LogP contribution is 2.16. The van der Waals surface area contributed by atoms with E-state index in [0.717, 1.165) is 0 Å². The maximum absolute atomic E-state index is 12.3. The molecule has 1 aliphatic rings. The Bertz CT molecular complexity index is 703. The summed E-state index contributed by atoms with van der Waals surface area (Å²) in [6.07, 6.45) is 0. The molecule has 0 spiro atoms. The average molecular weight is 272 g/mol. The molecule has 0 saturated carbocycles. The van der Waals surface area contributed by atoms with Gasteiger partial charge in [0, 0.05) is 0 Å². The van der Waals surface area contributed by atoms with Crippen molar-refractivity contribution in [3.63, 3.8) is 0 Å². The van der Waals surface area contributed by atoms with Crippen LogP contribution in [-0.2, 0) is 4.79 Å². The van der Waals surface area contributed by atoms with E-state index < -0.39 is 5.78 Å². The highest BCUT2D eigenvalue weighted by Gasteiger charge is 2.46. The minimum Gasteiger partial charge on any atom is -0.561 e.